The SMILES string of the molecule is CC(C)[C@@]1(O)[C@@H](OC(=O)c2ccc[nH]2)[C@@]2(O)[C@@]3(C)C[C@]4(O)O[C@@]5([C@H](O)[C@@H](Cc6ccccc6)CC[C@]35O)[C@@]2(O)[C@]14C. The molecule has 3 heterocycles. The van der Waals surface area contributed by atoms with Crippen molar-refractivity contribution in [1.82, 2.24) is 4.98 Å². The highest BCUT2D eigenvalue weighted by Crippen LogP contribution is 2.90. The van der Waals surface area contributed by atoms with Crippen LogP contribution in [0.1, 0.15) is 63.0 Å². The first-order valence-electron chi connectivity index (χ1n) is 14.5. The quantitative estimate of drug-likeness (QED) is 0.260. The summed E-state index contributed by atoms with van der Waals surface area (Å²) in [4.78, 5) is 16.1. The number of nitrogens with one attached hydrogen (secondary N) is 1. The Kier molecular flexibility index (Phi) is 5.10. The molecular formula is C31H39NO9. The number of carbonyl (C=O) groups is 1. The van der Waals surface area contributed by atoms with Crippen LogP contribution in [0.2, 0.25) is 0 Å². The Morgan fingerprint density at radius 3 is 2.37 bits per heavy atom. The molecule has 7 N–H and O–H groups in total. The third-order valence-corrected chi connectivity index (χ3v) is 12.5. The highest BCUT2D eigenvalue weighted by molar-refractivity contribution is 5.87. The van der Waals surface area contributed by atoms with E-state index in [0.717, 1.165) is 5.56 Å². The minimum absolute atomic E-state index is 0.0340. The molecule has 4 saturated carbocycles. The number of H-pyrrole nitrogens is 1. The average Bonchev–Trinajstić information content (AvgIpc) is 3.55. The van der Waals surface area contributed by atoms with E-state index in [1.54, 1.807) is 19.9 Å². The first-order valence-corrected chi connectivity index (χ1v) is 14.5. The summed E-state index contributed by atoms with van der Waals surface area (Å²) in [5.74, 6) is -4.48. The Hall–Kier alpha value is -2.31. The van der Waals surface area contributed by atoms with Gasteiger partial charge in [-0.3, -0.25) is 0 Å². The van der Waals surface area contributed by atoms with Crippen LogP contribution in [0.4, 0.5) is 0 Å². The van der Waals surface area contributed by atoms with Crippen LogP contribution < -0.4 is 0 Å². The third kappa shape index (κ3) is 2.36. The molecule has 6 fully saturated rings. The molecule has 6 bridgehead atoms. The fraction of sp³-hybridized carbons (Fsp3) is 0.645. The van der Waals surface area contributed by atoms with Gasteiger partial charge in [0, 0.05) is 18.0 Å². The summed E-state index contributed by atoms with van der Waals surface area (Å²) in [5.41, 5.74) is -14.6. The minimum atomic E-state index is -2.64. The van der Waals surface area contributed by atoms with Gasteiger partial charge >= 0.3 is 5.97 Å². The third-order valence-electron chi connectivity index (χ3n) is 12.5. The van der Waals surface area contributed by atoms with Gasteiger partial charge in [-0.25, -0.2) is 4.79 Å². The van der Waals surface area contributed by atoms with Crippen LogP contribution in [-0.2, 0) is 15.9 Å². The van der Waals surface area contributed by atoms with Gasteiger partial charge in [-0.15, -0.1) is 0 Å². The smallest absolute Gasteiger partial charge is 0.355 e. The summed E-state index contributed by atoms with van der Waals surface area (Å²) < 4.78 is 12.3. The second-order valence-electron chi connectivity index (χ2n) is 13.9. The van der Waals surface area contributed by atoms with Crippen LogP contribution in [0.25, 0.3) is 0 Å². The Morgan fingerprint density at radius 1 is 1.07 bits per heavy atom. The van der Waals surface area contributed by atoms with Crippen molar-refractivity contribution in [2.75, 3.05) is 0 Å². The van der Waals surface area contributed by atoms with Crippen molar-refractivity contribution in [3.63, 3.8) is 0 Å². The predicted molar refractivity (Wildman–Crippen MR) is 143 cm³/mol. The highest BCUT2D eigenvalue weighted by atomic mass is 16.7. The summed E-state index contributed by atoms with van der Waals surface area (Å²) in [7, 11) is 0. The highest BCUT2D eigenvalue weighted by Gasteiger charge is 3.10. The van der Waals surface area contributed by atoms with Gasteiger partial charge in [0.15, 0.2) is 17.5 Å². The maximum Gasteiger partial charge on any atom is 0.355 e. The van der Waals surface area contributed by atoms with Gasteiger partial charge in [-0.1, -0.05) is 51.1 Å². The number of aromatic amines is 1. The molecule has 41 heavy (non-hydrogen) atoms. The maximum atomic E-state index is 13.4. The van der Waals surface area contributed by atoms with E-state index in [1.165, 1.54) is 26.1 Å². The Balaban J connectivity index is 1.47. The minimum Gasteiger partial charge on any atom is -0.451 e. The Morgan fingerprint density at radius 2 is 1.76 bits per heavy atom. The number of esters is 1. The topological polar surface area (TPSA) is 173 Å². The zero-order valence-electron chi connectivity index (χ0n) is 23.7. The largest absolute Gasteiger partial charge is 0.451 e. The molecule has 2 aliphatic heterocycles. The molecule has 1 spiro atoms. The van der Waals surface area contributed by atoms with Crippen LogP contribution in [0.5, 0.6) is 0 Å². The molecule has 0 radical (unpaired) electrons. The normalized spacial score (nSPS) is 52.7. The number of rotatable bonds is 5. The first-order chi connectivity index (χ1) is 19.1. The number of carbonyl (C=O) groups excluding carboxylic acids is 1. The first kappa shape index (κ1) is 27.5. The van der Waals surface area contributed by atoms with Crippen molar-refractivity contribution >= 4 is 5.97 Å². The fourth-order valence-electron chi connectivity index (χ4n) is 10.6. The number of benzene rings is 1. The van der Waals surface area contributed by atoms with Crippen molar-refractivity contribution in [3.8, 4) is 0 Å². The lowest BCUT2D eigenvalue weighted by atomic mass is 9.52. The van der Waals surface area contributed by atoms with Gasteiger partial charge in [0.25, 0.3) is 0 Å². The molecule has 11 atom stereocenters. The molecule has 10 heteroatoms. The lowest BCUT2D eigenvalue weighted by molar-refractivity contribution is -0.390. The van der Waals surface area contributed by atoms with E-state index in [2.05, 4.69) is 4.98 Å². The number of hydrogen-bond acceptors (Lipinski definition) is 9. The summed E-state index contributed by atoms with van der Waals surface area (Å²) in [6, 6.07) is 12.6. The van der Waals surface area contributed by atoms with Crippen molar-refractivity contribution < 1.29 is 44.9 Å². The van der Waals surface area contributed by atoms with E-state index < -0.39 is 74.6 Å². The molecule has 2 saturated heterocycles. The number of aromatic nitrogens is 1. The molecule has 4 aliphatic carbocycles. The van der Waals surface area contributed by atoms with Gasteiger partial charge < -0.3 is 45.1 Å². The van der Waals surface area contributed by atoms with E-state index in [9.17, 15) is 35.4 Å². The number of hydrogen-bond donors (Lipinski definition) is 7. The molecule has 0 unspecified atom stereocenters. The molecule has 2 aromatic rings. The predicted octanol–water partition coefficient (Wildman–Crippen LogP) is 1.04. The molecule has 6 aliphatic rings. The van der Waals surface area contributed by atoms with Crippen molar-refractivity contribution in [3.05, 3.63) is 59.9 Å². The van der Waals surface area contributed by atoms with Gasteiger partial charge in [-0.2, -0.15) is 0 Å². The van der Waals surface area contributed by atoms with Crippen LogP contribution >= 0.6 is 0 Å². The molecule has 222 valence electrons. The summed E-state index contributed by atoms with van der Waals surface area (Å²) in [6.45, 7) is 6.22. The van der Waals surface area contributed by atoms with Gasteiger partial charge in [-0.05, 0) is 55.7 Å². The van der Waals surface area contributed by atoms with E-state index in [0.29, 0.717) is 12.8 Å². The molecule has 10 nitrogen and oxygen atoms in total. The standard InChI is InChI=1S/C31H39NO9/c1-17(2)28(37)23(40-22(34)20-11-8-14-32-20)29(38)24(3)16-27(36)25(28,4)31(29,39)30(41-27)21(33)19(12-13-26(24,30)35)15-18-9-6-5-7-10-18/h5-11,14,17,19,21,23,32-33,35-39H,12-13,15-16H2,1-4H3/t19-,21-,23-,24+,25+,26+,27+,28-,29-,30-,31-/m1/s1. The second kappa shape index (κ2) is 7.60. The lowest BCUT2D eigenvalue weighted by Gasteiger charge is -2.60. The van der Waals surface area contributed by atoms with Crippen LogP contribution in [0.3, 0.4) is 0 Å². The zero-order chi connectivity index (χ0) is 29.6. The van der Waals surface area contributed by atoms with E-state index in [-0.39, 0.29) is 18.5 Å². The summed E-state index contributed by atoms with van der Waals surface area (Å²) in [6.07, 6.45) is -1.42. The monoisotopic (exact) mass is 569 g/mol. The van der Waals surface area contributed by atoms with Crippen molar-refractivity contribution in [2.45, 2.75) is 99.4 Å². The maximum absolute atomic E-state index is 13.4. The van der Waals surface area contributed by atoms with Gasteiger partial charge in [0.1, 0.15) is 28.1 Å². The fourth-order valence-corrected chi connectivity index (χ4v) is 10.6. The molecular weight excluding hydrogens is 530 g/mol. The van der Waals surface area contributed by atoms with E-state index >= 15 is 0 Å². The number of ether oxygens (including phenoxy) is 2. The molecule has 8 rings (SSSR count). The molecule has 1 aromatic heterocycles. The number of aliphatic hydroxyl groups is 6. The van der Waals surface area contributed by atoms with Crippen LogP contribution in [-0.4, -0.2) is 87.6 Å². The molecule has 0 amide bonds. The summed E-state index contributed by atoms with van der Waals surface area (Å²) >= 11 is 0. The van der Waals surface area contributed by atoms with Gasteiger partial charge in [0.2, 0.25) is 0 Å². The number of aliphatic hydroxyl groups excluding tert-OH is 1. The van der Waals surface area contributed by atoms with Crippen molar-refractivity contribution in [1.29, 1.82) is 0 Å². The van der Waals surface area contributed by atoms with Crippen molar-refractivity contribution in [2.24, 2.45) is 22.7 Å². The Bertz CT molecular complexity index is 1420. The van der Waals surface area contributed by atoms with E-state index in [4.69, 9.17) is 9.47 Å². The Labute approximate surface area is 237 Å². The van der Waals surface area contributed by atoms with Gasteiger partial charge in [0.05, 0.1) is 11.5 Å². The summed E-state index contributed by atoms with van der Waals surface area (Å²) in [5, 5.41) is 76.1. The average molecular weight is 570 g/mol. The zero-order valence-corrected chi connectivity index (χ0v) is 23.7. The second-order valence-corrected chi connectivity index (χ2v) is 13.9. The van der Waals surface area contributed by atoms with E-state index in [1.807, 2.05) is 30.3 Å². The lowest BCUT2D eigenvalue weighted by Crippen LogP contribution is -2.75. The van der Waals surface area contributed by atoms with Crippen LogP contribution in [0, 0.1) is 22.7 Å². The van der Waals surface area contributed by atoms with Crippen LogP contribution in [0.15, 0.2) is 48.7 Å². The molecule has 1 aromatic carbocycles.